The van der Waals surface area contributed by atoms with Gasteiger partial charge in [-0.25, -0.2) is 8.42 Å². The van der Waals surface area contributed by atoms with E-state index in [0.717, 1.165) is 16.6 Å². The number of thiophene rings is 1. The minimum Gasteiger partial charge on any atom is -0.206 e. The average molecular weight is 352 g/mol. The van der Waals surface area contributed by atoms with Crippen LogP contribution in [-0.4, -0.2) is 25.8 Å². The van der Waals surface area contributed by atoms with Crippen LogP contribution in [0.4, 0.5) is 0 Å². The Morgan fingerprint density at radius 3 is 2.39 bits per heavy atom. The van der Waals surface area contributed by atoms with Gasteiger partial charge in [0.05, 0.1) is 3.79 Å². The summed E-state index contributed by atoms with van der Waals surface area (Å²) >= 11 is 4.60. The van der Waals surface area contributed by atoms with Crippen molar-refractivity contribution in [1.29, 1.82) is 0 Å². The topological polar surface area (TPSA) is 37.4 Å². The minimum atomic E-state index is -3.27. The lowest BCUT2D eigenvalue weighted by Gasteiger charge is -2.32. The number of rotatable bonds is 3. The molecule has 1 aliphatic rings. The van der Waals surface area contributed by atoms with Gasteiger partial charge in [-0.2, -0.15) is 4.31 Å². The number of nitrogens with zero attached hydrogens (tertiary/aromatic N) is 1. The van der Waals surface area contributed by atoms with Crippen molar-refractivity contribution in [3.63, 3.8) is 0 Å². The Balaban J connectivity index is 2.09. The Labute approximate surface area is 121 Å². The van der Waals surface area contributed by atoms with Crippen molar-refractivity contribution >= 4 is 37.3 Å². The van der Waals surface area contributed by atoms with Crippen LogP contribution in [0.1, 0.15) is 26.7 Å². The maximum Gasteiger partial charge on any atom is 0.252 e. The van der Waals surface area contributed by atoms with Crippen LogP contribution in [0.3, 0.4) is 0 Å². The van der Waals surface area contributed by atoms with Crippen LogP contribution in [0, 0.1) is 11.8 Å². The third-order valence-corrected chi connectivity index (χ3v) is 7.57. The van der Waals surface area contributed by atoms with Crippen molar-refractivity contribution in [2.24, 2.45) is 11.8 Å². The van der Waals surface area contributed by atoms with Crippen molar-refractivity contribution < 1.29 is 8.42 Å². The summed E-state index contributed by atoms with van der Waals surface area (Å²) in [5.74, 6) is 1.30. The zero-order valence-corrected chi connectivity index (χ0v) is 13.8. The molecule has 0 radical (unpaired) electrons. The lowest BCUT2D eigenvalue weighted by atomic mass is 9.87. The monoisotopic (exact) mass is 351 g/mol. The summed E-state index contributed by atoms with van der Waals surface area (Å²) in [5.41, 5.74) is 0. The second kappa shape index (κ2) is 5.61. The van der Waals surface area contributed by atoms with Crippen LogP contribution < -0.4 is 0 Å². The van der Waals surface area contributed by atoms with Crippen molar-refractivity contribution in [2.45, 2.75) is 30.9 Å². The number of halogens is 1. The van der Waals surface area contributed by atoms with E-state index in [-0.39, 0.29) is 0 Å². The molecule has 0 amide bonds. The molecule has 1 aliphatic heterocycles. The van der Waals surface area contributed by atoms with Gasteiger partial charge in [0.1, 0.15) is 4.21 Å². The summed E-state index contributed by atoms with van der Waals surface area (Å²) in [7, 11) is -3.27. The zero-order chi connectivity index (χ0) is 13.3. The molecule has 102 valence electrons. The van der Waals surface area contributed by atoms with Gasteiger partial charge in [0.2, 0.25) is 0 Å². The van der Waals surface area contributed by atoms with E-state index in [1.165, 1.54) is 11.3 Å². The Morgan fingerprint density at radius 2 is 1.94 bits per heavy atom. The highest BCUT2D eigenvalue weighted by atomic mass is 79.9. The average Bonchev–Trinajstić information content (AvgIpc) is 2.76. The molecule has 2 rings (SSSR count). The smallest absolute Gasteiger partial charge is 0.206 e. The molecule has 0 aliphatic carbocycles. The van der Waals surface area contributed by atoms with Gasteiger partial charge in [0.25, 0.3) is 10.0 Å². The predicted octanol–water partition coefficient (Wildman–Crippen LogP) is 3.57. The van der Waals surface area contributed by atoms with E-state index in [2.05, 4.69) is 29.8 Å². The zero-order valence-electron chi connectivity index (χ0n) is 10.6. The van der Waals surface area contributed by atoms with Crippen LogP contribution in [0.25, 0.3) is 0 Å². The molecule has 0 saturated carbocycles. The first-order chi connectivity index (χ1) is 8.41. The number of sulfonamides is 1. The van der Waals surface area contributed by atoms with Gasteiger partial charge >= 0.3 is 0 Å². The summed E-state index contributed by atoms with van der Waals surface area (Å²) in [5, 5.41) is 0. The molecule has 1 saturated heterocycles. The van der Waals surface area contributed by atoms with Crippen molar-refractivity contribution in [3.05, 3.63) is 15.9 Å². The molecule has 0 bridgehead atoms. The molecule has 0 unspecified atom stereocenters. The van der Waals surface area contributed by atoms with E-state index >= 15 is 0 Å². The normalized spacial score (nSPS) is 19.6. The number of piperidine rings is 1. The van der Waals surface area contributed by atoms with Gasteiger partial charge in [0.15, 0.2) is 0 Å². The highest BCUT2D eigenvalue weighted by Gasteiger charge is 2.31. The van der Waals surface area contributed by atoms with Crippen LogP contribution >= 0.6 is 27.3 Å². The molecule has 1 aromatic heterocycles. The molecule has 3 nitrogen and oxygen atoms in total. The van der Waals surface area contributed by atoms with Crippen LogP contribution in [0.2, 0.25) is 0 Å². The Hall–Kier alpha value is 0.0900. The second-order valence-electron chi connectivity index (χ2n) is 5.04. The van der Waals surface area contributed by atoms with E-state index in [1.807, 2.05) is 0 Å². The molecular weight excluding hydrogens is 334 g/mol. The van der Waals surface area contributed by atoms with E-state index in [9.17, 15) is 8.42 Å². The highest BCUT2D eigenvalue weighted by molar-refractivity contribution is 9.11. The third kappa shape index (κ3) is 2.98. The fourth-order valence-corrected chi connectivity index (χ4v) is 5.98. The van der Waals surface area contributed by atoms with Crippen molar-refractivity contribution in [2.75, 3.05) is 13.1 Å². The number of hydrogen-bond donors (Lipinski definition) is 0. The Bertz CT molecular complexity index is 502. The quantitative estimate of drug-likeness (QED) is 0.834. The molecule has 1 aromatic rings. The van der Waals surface area contributed by atoms with Gasteiger partial charge < -0.3 is 0 Å². The molecule has 2 heterocycles. The summed E-state index contributed by atoms with van der Waals surface area (Å²) < 4.78 is 27.7. The summed E-state index contributed by atoms with van der Waals surface area (Å²) in [6, 6.07) is 3.47. The van der Waals surface area contributed by atoms with E-state index < -0.39 is 10.0 Å². The van der Waals surface area contributed by atoms with Gasteiger partial charge in [-0.05, 0) is 52.7 Å². The lowest BCUT2D eigenvalue weighted by molar-refractivity contribution is 0.227. The third-order valence-electron chi connectivity index (χ3n) is 3.58. The van der Waals surface area contributed by atoms with Gasteiger partial charge in [0, 0.05) is 13.1 Å². The molecule has 0 aromatic carbocycles. The summed E-state index contributed by atoms with van der Waals surface area (Å²) in [6.45, 7) is 5.73. The van der Waals surface area contributed by atoms with E-state index in [0.29, 0.717) is 29.1 Å². The van der Waals surface area contributed by atoms with Crippen molar-refractivity contribution in [3.8, 4) is 0 Å². The molecule has 0 spiro atoms. The summed E-state index contributed by atoms with van der Waals surface area (Å²) in [6.07, 6.45) is 1.95. The number of hydrogen-bond acceptors (Lipinski definition) is 3. The van der Waals surface area contributed by atoms with E-state index in [1.54, 1.807) is 16.4 Å². The SMILES string of the molecule is CC(C)C1CCN(S(=O)(=O)c2ccc(Br)s2)CC1. The van der Waals surface area contributed by atoms with Gasteiger partial charge in [-0.15, -0.1) is 11.3 Å². The molecular formula is C12H18BrNO2S2. The van der Waals surface area contributed by atoms with E-state index in [4.69, 9.17) is 0 Å². The van der Waals surface area contributed by atoms with Crippen LogP contribution in [0.5, 0.6) is 0 Å². The first-order valence-corrected chi connectivity index (χ1v) is 9.21. The van der Waals surface area contributed by atoms with Crippen LogP contribution in [0.15, 0.2) is 20.1 Å². The first kappa shape index (κ1) is 14.5. The fraction of sp³-hybridized carbons (Fsp3) is 0.667. The molecule has 0 atom stereocenters. The maximum atomic E-state index is 12.4. The van der Waals surface area contributed by atoms with Crippen molar-refractivity contribution in [1.82, 2.24) is 4.31 Å². The molecule has 6 heteroatoms. The van der Waals surface area contributed by atoms with Gasteiger partial charge in [-0.3, -0.25) is 0 Å². The standard InChI is InChI=1S/C12H18BrNO2S2/c1-9(2)10-5-7-14(8-6-10)18(15,16)12-4-3-11(13)17-12/h3-4,9-10H,5-8H2,1-2H3. The molecule has 18 heavy (non-hydrogen) atoms. The summed E-state index contributed by atoms with van der Waals surface area (Å²) in [4.78, 5) is 0. The molecule has 0 N–H and O–H groups in total. The van der Waals surface area contributed by atoms with Gasteiger partial charge in [-0.1, -0.05) is 13.8 Å². The largest absolute Gasteiger partial charge is 0.252 e. The predicted molar refractivity (Wildman–Crippen MR) is 78.3 cm³/mol. The fourth-order valence-electron chi connectivity index (χ4n) is 2.35. The van der Waals surface area contributed by atoms with Crippen LogP contribution in [-0.2, 0) is 10.0 Å². The molecule has 1 fully saturated rings. The Morgan fingerprint density at radius 1 is 1.33 bits per heavy atom. The minimum absolute atomic E-state index is 0.442. The Kier molecular flexibility index (Phi) is 4.52. The highest BCUT2D eigenvalue weighted by Crippen LogP contribution is 2.32. The first-order valence-electron chi connectivity index (χ1n) is 6.16. The second-order valence-corrected chi connectivity index (χ2v) is 9.67. The lowest BCUT2D eigenvalue weighted by Crippen LogP contribution is -2.39. The maximum absolute atomic E-state index is 12.4.